The lowest BCUT2D eigenvalue weighted by Gasteiger charge is -2.18. The Labute approximate surface area is 91.8 Å². The van der Waals surface area contributed by atoms with Crippen LogP contribution in [0.2, 0.25) is 0 Å². The molecule has 0 aliphatic heterocycles. The molecule has 5 heteroatoms. The van der Waals surface area contributed by atoms with Gasteiger partial charge in [0.2, 0.25) is 0 Å². The van der Waals surface area contributed by atoms with E-state index in [1.165, 1.54) is 12.0 Å². The van der Waals surface area contributed by atoms with Crippen LogP contribution in [-0.4, -0.2) is 13.7 Å². The molecule has 0 fully saturated rings. The van der Waals surface area contributed by atoms with Gasteiger partial charge in [-0.3, -0.25) is 0 Å². The molecule has 13 heavy (non-hydrogen) atoms. The van der Waals surface area contributed by atoms with Crippen LogP contribution in [0.1, 0.15) is 41.5 Å². The second-order valence-electron chi connectivity index (χ2n) is 4.68. The van der Waals surface area contributed by atoms with Gasteiger partial charge in [0.05, 0.1) is 0 Å². The van der Waals surface area contributed by atoms with E-state index < -0.39 is 9.83 Å². The largest absolute Gasteiger partial charge is 0.245 e. The molecule has 0 saturated carbocycles. The summed E-state index contributed by atoms with van der Waals surface area (Å²) in [6.45, 7) is 12.0. The highest BCUT2D eigenvalue weighted by Gasteiger charge is 2.22. The second-order valence-corrected chi connectivity index (χ2v) is 9.76. The predicted molar refractivity (Wildman–Crippen MR) is 63.9 cm³/mol. The summed E-state index contributed by atoms with van der Waals surface area (Å²) in [5.74, 6) is 0. The standard InChI is InChI=1S/C8H18O2S3/c1-7(2,3)11-10-12-13(9)8(4,5)6/h1-6H3. The van der Waals surface area contributed by atoms with E-state index in [4.69, 9.17) is 3.63 Å². The van der Waals surface area contributed by atoms with Crippen LogP contribution < -0.4 is 0 Å². The first kappa shape index (κ1) is 13.8. The molecule has 0 N–H and O–H groups in total. The van der Waals surface area contributed by atoms with Crippen molar-refractivity contribution in [2.24, 2.45) is 0 Å². The van der Waals surface area contributed by atoms with Crippen LogP contribution >= 0.6 is 23.1 Å². The molecule has 0 radical (unpaired) electrons. The molecule has 1 unspecified atom stereocenters. The monoisotopic (exact) mass is 242 g/mol. The average molecular weight is 242 g/mol. The van der Waals surface area contributed by atoms with Crippen LogP contribution in [0.5, 0.6) is 0 Å². The summed E-state index contributed by atoms with van der Waals surface area (Å²) >= 11 is 2.39. The van der Waals surface area contributed by atoms with Crippen molar-refractivity contribution in [2.75, 3.05) is 0 Å². The first-order valence-corrected chi connectivity index (χ1v) is 7.22. The van der Waals surface area contributed by atoms with E-state index in [-0.39, 0.29) is 9.49 Å². The fraction of sp³-hybridized carbons (Fsp3) is 1.00. The van der Waals surface area contributed by atoms with Crippen molar-refractivity contribution < 1.29 is 7.84 Å². The number of rotatable bonds is 3. The molecular formula is C8H18O2S3. The first-order valence-electron chi connectivity index (χ1n) is 4.07. The van der Waals surface area contributed by atoms with Crippen LogP contribution in [0.3, 0.4) is 0 Å². The highest BCUT2D eigenvalue weighted by Crippen LogP contribution is 2.33. The fourth-order valence-corrected chi connectivity index (χ4v) is 2.89. The molecule has 0 aromatic rings. The van der Waals surface area contributed by atoms with Crippen LogP contribution in [0.25, 0.3) is 0 Å². The van der Waals surface area contributed by atoms with E-state index in [9.17, 15) is 4.21 Å². The summed E-state index contributed by atoms with van der Waals surface area (Å²) in [7, 11) is -0.998. The highest BCUT2D eigenvalue weighted by molar-refractivity contribution is 8.68. The fourth-order valence-electron chi connectivity index (χ4n) is 0.243. The van der Waals surface area contributed by atoms with Crippen molar-refractivity contribution in [3.8, 4) is 0 Å². The SMILES string of the molecule is CC(C)(C)SOSS(=O)C(C)(C)C. The summed E-state index contributed by atoms with van der Waals surface area (Å²) < 4.78 is 16.5. The Hall–Kier alpha value is 0.810. The van der Waals surface area contributed by atoms with Gasteiger partial charge < -0.3 is 0 Å². The Kier molecular flexibility index (Phi) is 5.36. The first-order chi connectivity index (χ1) is 5.63. The van der Waals surface area contributed by atoms with Crippen LogP contribution in [0, 0.1) is 0 Å². The Balaban J connectivity index is 3.74. The summed E-state index contributed by atoms with van der Waals surface area (Å²) in [5.41, 5.74) is 0. The Bertz CT molecular complexity index is 179. The van der Waals surface area contributed by atoms with Gasteiger partial charge in [-0.15, -0.1) is 0 Å². The summed E-state index contributed by atoms with van der Waals surface area (Å²) in [4.78, 5) is 0. The summed E-state index contributed by atoms with van der Waals surface area (Å²) in [5, 5.41) is 0. The van der Waals surface area contributed by atoms with Gasteiger partial charge in [-0.2, -0.15) is 0 Å². The lowest BCUT2D eigenvalue weighted by atomic mass is 10.3. The van der Waals surface area contributed by atoms with Crippen molar-refractivity contribution in [3.05, 3.63) is 0 Å². The Morgan fingerprint density at radius 2 is 1.54 bits per heavy atom. The molecule has 0 bridgehead atoms. The molecule has 0 saturated heterocycles. The van der Waals surface area contributed by atoms with E-state index >= 15 is 0 Å². The van der Waals surface area contributed by atoms with Crippen molar-refractivity contribution in [2.45, 2.75) is 51.0 Å². The van der Waals surface area contributed by atoms with E-state index in [0.717, 1.165) is 11.1 Å². The minimum absolute atomic E-state index is 0.0507. The molecular weight excluding hydrogens is 224 g/mol. The normalized spacial score (nSPS) is 15.8. The van der Waals surface area contributed by atoms with E-state index in [0.29, 0.717) is 0 Å². The molecule has 0 rings (SSSR count). The third kappa shape index (κ3) is 7.85. The van der Waals surface area contributed by atoms with Crippen molar-refractivity contribution in [1.82, 2.24) is 0 Å². The predicted octanol–water partition coefficient (Wildman–Crippen LogP) is 3.56. The third-order valence-electron chi connectivity index (χ3n) is 0.874. The molecule has 80 valence electrons. The molecule has 1 atom stereocenters. The van der Waals surface area contributed by atoms with Crippen molar-refractivity contribution >= 4 is 32.9 Å². The van der Waals surface area contributed by atoms with Crippen molar-refractivity contribution in [3.63, 3.8) is 0 Å². The van der Waals surface area contributed by atoms with Crippen LogP contribution in [-0.2, 0) is 13.5 Å². The second kappa shape index (κ2) is 5.05. The molecule has 2 nitrogen and oxygen atoms in total. The van der Waals surface area contributed by atoms with Gasteiger partial charge in [0.15, 0.2) is 0 Å². The smallest absolute Gasteiger partial charge is 0.114 e. The topological polar surface area (TPSA) is 26.3 Å². The number of hydrogen-bond donors (Lipinski definition) is 0. The zero-order valence-electron chi connectivity index (χ0n) is 9.04. The van der Waals surface area contributed by atoms with Gasteiger partial charge in [-0.1, -0.05) is 0 Å². The van der Waals surface area contributed by atoms with Gasteiger partial charge in [0, 0.05) is 21.5 Å². The highest BCUT2D eigenvalue weighted by atomic mass is 33.1. The molecule has 0 aliphatic rings. The zero-order valence-corrected chi connectivity index (χ0v) is 11.5. The Morgan fingerprint density at radius 3 is 1.85 bits per heavy atom. The van der Waals surface area contributed by atoms with Crippen LogP contribution in [0.15, 0.2) is 0 Å². The molecule has 0 aliphatic carbocycles. The van der Waals surface area contributed by atoms with Crippen LogP contribution in [0.4, 0.5) is 0 Å². The van der Waals surface area contributed by atoms with Gasteiger partial charge in [-0.25, -0.2) is 7.84 Å². The maximum atomic E-state index is 11.5. The maximum absolute atomic E-state index is 11.5. The van der Waals surface area contributed by atoms with Gasteiger partial charge in [0.1, 0.15) is 20.9 Å². The Morgan fingerprint density at radius 1 is 1.08 bits per heavy atom. The average Bonchev–Trinajstić information content (AvgIpc) is 1.82. The van der Waals surface area contributed by atoms with Gasteiger partial charge in [0.25, 0.3) is 0 Å². The molecule has 0 spiro atoms. The molecule has 0 aromatic carbocycles. The molecule has 0 aromatic heterocycles. The zero-order chi connectivity index (χ0) is 10.7. The molecule has 0 amide bonds. The lowest BCUT2D eigenvalue weighted by Crippen LogP contribution is -2.18. The minimum Gasteiger partial charge on any atom is -0.245 e. The van der Waals surface area contributed by atoms with E-state index in [1.807, 2.05) is 20.8 Å². The quantitative estimate of drug-likeness (QED) is 0.558. The minimum atomic E-state index is -0.998. The van der Waals surface area contributed by atoms with Crippen molar-refractivity contribution in [1.29, 1.82) is 0 Å². The number of hydrogen-bond acceptors (Lipinski definition) is 4. The maximum Gasteiger partial charge on any atom is 0.114 e. The molecule has 0 heterocycles. The third-order valence-corrected chi connectivity index (χ3v) is 5.36. The van der Waals surface area contributed by atoms with E-state index in [2.05, 4.69) is 20.8 Å². The summed E-state index contributed by atoms with van der Waals surface area (Å²) in [6.07, 6.45) is 0. The summed E-state index contributed by atoms with van der Waals surface area (Å²) in [6, 6.07) is 0. The van der Waals surface area contributed by atoms with Gasteiger partial charge in [-0.05, 0) is 41.5 Å². The lowest BCUT2D eigenvalue weighted by molar-refractivity contribution is 0.655. The van der Waals surface area contributed by atoms with E-state index in [1.54, 1.807) is 0 Å². The van der Waals surface area contributed by atoms with Gasteiger partial charge >= 0.3 is 0 Å².